The van der Waals surface area contributed by atoms with Crippen LogP contribution < -0.4 is 19.9 Å². The minimum atomic E-state index is -4.52. The van der Waals surface area contributed by atoms with Crippen molar-refractivity contribution in [2.45, 2.75) is 45.5 Å². The number of nitro groups is 1. The third-order valence-corrected chi connectivity index (χ3v) is 9.38. The number of carboxylic acid groups (broad SMARTS) is 1. The number of ether oxygens (including phenoxy) is 2. The van der Waals surface area contributed by atoms with Crippen molar-refractivity contribution in [1.82, 2.24) is 4.31 Å². The number of carbonyl (C=O) groups excluding carboxylic acids is 1. The largest absolute Gasteiger partial charge is 0.487 e. The molecular weight excluding hydrogens is 748 g/mol. The number of halogens is 4. The van der Waals surface area contributed by atoms with Crippen molar-refractivity contribution >= 4 is 52.4 Å². The van der Waals surface area contributed by atoms with Gasteiger partial charge < -0.3 is 25.2 Å². The second kappa shape index (κ2) is 17.7. The van der Waals surface area contributed by atoms with E-state index in [0.29, 0.717) is 11.3 Å². The quantitative estimate of drug-likeness (QED) is 0.100. The van der Waals surface area contributed by atoms with Crippen LogP contribution in [0, 0.1) is 10.1 Å². The van der Waals surface area contributed by atoms with Gasteiger partial charge in [0.2, 0.25) is 5.75 Å². The van der Waals surface area contributed by atoms with E-state index in [1.807, 2.05) is 0 Å². The molecule has 1 heterocycles. The predicted molar refractivity (Wildman–Crippen MR) is 182 cm³/mol. The molecule has 1 aliphatic rings. The number of aliphatic carboxylic acids is 1. The van der Waals surface area contributed by atoms with Crippen LogP contribution in [0.4, 0.5) is 24.5 Å². The van der Waals surface area contributed by atoms with Crippen molar-refractivity contribution in [3.63, 3.8) is 0 Å². The molecule has 0 aliphatic carbocycles. The molecule has 1 amide bonds. The van der Waals surface area contributed by atoms with Crippen LogP contribution in [0.5, 0.6) is 17.2 Å². The number of nitrogens with zero attached hydrogens (tertiary/aromatic N) is 2. The van der Waals surface area contributed by atoms with E-state index in [9.17, 15) is 45.9 Å². The Labute approximate surface area is 295 Å². The lowest BCUT2D eigenvalue weighted by Crippen LogP contribution is -2.48. The molecule has 3 aromatic rings. The molecule has 2 unspecified atom stereocenters. The second-order valence-corrected chi connectivity index (χ2v) is 15.4. The highest BCUT2D eigenvalue weighted by Gasteiger charge is 2.37. The minimum Gasteiger partial charge on any atom is -0.487 e. The molecule has 5 N–H and O–H groups in total. The van der Waals surface area contributed by atoms with Crippen LogP contribution >= 0.6 is 19.0 Å². The highest BCUT2D eigenvalue weighted by molar-refractivity contribution is 7.91. The van der Waals surface area contributed by atoms with Crippen LogP contribution in [-0.4, -0.2) is 71.0 Å². The number of amides is 1. The molecule has 4 rings (SSSR count). The highest BCUT2D eigenvalue weighted by atomic mass is 35.5. The average molecular weight is 783 g/mol. The summed E-state index contributed by atoms with van der Waals surface area (Å²) in [4.78, 5) is 41.2. The Bertz CT molecular complexity index is 1890. The van der Waals surface area contributed by atoms with Crippen LogP contribution in [0.2, 0.25) is 5.02 Å². The third kappa shape index (κ3) is 12.7. The first-order valence-corrected chi connectivity index (χ1v) is 18.8. The van der Waals surface area contributed by atoms with E-state index in [-0.39, 0.29) is 47.1 Å². The summed E-state index contributed by atoms with van der Waals surface area (Å²) >= 11 is 5.80. The average Bonchev–Trinajstić information content (AvgIpc) is 3.00. The summed E-state index contributed by atoms with van der Waals surface area (Å²) in [5.74, 6) is -1.50. The number of hydrogen-bond donors (Lipinski definition) is 4. The minimum absolute atomic E-state index is 0.0111. The first-order valence-electron chi connectivity index (χ1n) is 14.7. The number of fused-ring (bicyclic) bond motifs is 1. The van der Waals surface area contributed by atoms with Gasteiger partial charge in [-0.3, -0.25) is 29.0 Å². The first kappa shape index (κ1) is 42.7. The lowest BCUT2D eigenvalue weighted by atomic mass is 10.1. The van der Waals surface area contributed by atoms with E-state index in [1.54, 1.807) is 45.0 Å². The maximum atomic E-state index is 12.6. The van der Waals surface area contributed by atoms with Gasteiger partial charge in [0.1, 0.15) is 17.5 Å². The first-order chi connectivity index (χ1) is 23.5. The fourth-order valence-corrected chi connectivity index (χ4v) is 6.46. The van der Waals surface area contributed by atoms with E-state index in [2.05, 4.69) is 4.72 Å². The van der Waals surface area contributed by atoms with Crippen molar-refractivity contribution in [3.8, 4) is 17.2 Å². The SMILES string of the molecule is CC(C)N1C(=O)c2ccccc2NS1(=O)=O.CCOc1cc(Oc2ccc(C(F)(F)F)cc2Cl)ccc1[N+](=O)[O-].CP(=O)(O)CCC(N)C(=O)O. The summed E-state index contributed by atoms with van der Waals surface area (Å²) in [6.45, 7) is 6.35. The van der Waals surface area contributed by atoms with Crippen LogP contribution in [-0.2, 0) is 25.7 Å². The van der Waals surface area contributed by atoms with Gasteiger partial charge in [0.15, 0.2) is 7.37 Å². The van der Waals surface area contributed by atoms with Gasteiger partial charge in [0.25, 0.3) is 5.91 Å². The summed E-state index contributed by atoms with van der Waals surface area (Å²) in [5.41, 5.74) is 4.66. The molecule has 0 spiro atoms. The number of hydrogen-bond acceptors (Lipinski definition) is 10. The number of nitro benzene ring substituents is 1. The Kier molecular flexibility index (Phi) is 14.8. The third-order valence-electron chi connectivity index (χ3n) is 6.41. The fourth-order valence-electron chi connectivity index (χ4n) is 4.06. The summed E-state index contributed by atoms with van der Waals surface area (Å²) in [5, 5.41) is 19.0. The molecule has 0 fully saturated rings. The zero-order chi connectivity index (χ0) is 38.9. The number of anilines is 1. The summed E-state index contributed by atoms with van der Waals surface area (Å²) in [7, 11) is -6.85. The van der Waals surface area contributed by atoms with E-state index < -0.39 is 58.2 Å². The normalized spacial score (nSPS) is 15.0. The summed E-state index contributed by atoms with van der Waals surface area (Å²) in [6.07, 6.45) is -4.52. The number of nitrogens with one attached hydrogen (secondary N) is 1. The molecule has 15 nitrogen and oxygen atoms in total. The van der Waals surface area contributed by atoms with Crippen LogP contribution in [0.1, 0.15) is 43.1 Å². The molecule has 0 saturated heterocycles. The lowest BCUT2D eigenvalue weighted by molar-refractivity contribution is -0.385. The molecule has 0 bridgehead atoms. The number of rotatable bonds is 10. The Hall–Kier alpha value is -4.42. The number of carboxylic acids is 1. The number of nitrogens with two attached hydrogens (primary N) is 1. The zero-order valence-electron chi connectivity index (χ0n) is 27.5. The second-order valence-electron chi connectivity index (χ2n) is 10.9. The van der Waals surface area contributed by atoms with E-state index in [0.717, 1.165) is 22.5 Å². The molecule has 0 radical (unpaired) electrons. The smallest absolute Gasteiger partial charge is 0.416 e. The number of benzene rings is 3. The molecule has 0 saturated carbocycles. The molecule has 0 aromatic heterocycles. The number of para-hydroxylation sites is 1. The lowest BCUT2D eigenvalue weighted by Gasteiger charge is -2.31. The topological polar surface area (TPSA) is 229 Å². The van der Waals surface area contributed by atoms with Crippen molar-refractivity contribution in [1.29, 1.82) is 0 Å². The molecule has 51 heavy (non-hydrogen) atoms. The maximum Gasteiger partial charge on any atom is 0.416 e. The Morgan fingerprint density at radius 2 is 1.76 bits per heavy atom. The van der Waals surface area contributed by atoms with Crippen molar-refractivity contribution in [2.24, 2.45) is 5.73 Å². The molecule has 1 aliphatic heterocycles. The Morgan fingerprint density at radius 1 is 1.14 bits per heavy atom. The summed E-state index contributed by atoms with van der Waals surface area (Å²) in [6, 6.07) is 11.5. The van der Waals surface area contributed by atoms with E-state index in [1.165, 1.54) is 24.9 Å². The predicted octanol–water partition coefficient (Wildman–Crippen LogP) is 6.35. The van der Waals surface area contributed by atoms with Crippen LogP contribution in [0.15, 0.2) is 60.7 Å². The summed E-state index contributed by atoms with van der Waals surface area (Å²) < 4.78 is 85.8. The molecular formula is C30H35ClF3N4O11PS. The standard InChI is InChI=1S/C15H11ClF3NO4.C10H12N2O3S.C5H12NO4P/c1-2-23-14-8-10(4-5-12(14)20(21)22)24-13-6-3-9(7-11(13)16)15(17,18)19;1-7(2)12-10(13)8-5-3-4-6-9(8)11-16(12,14)15;1-11(9,10)3-2-4(6)5(7)8/h3-8H,2H2,1H3;3-7,11H,1-2H3;4H,2-3,6H2,1H3,(H,7,8)(H,9,10). The number of alkyl halides is 3. The fraction of sp³-hybridized carbons (Fsp3) is 0.333. The van der Waals surface area contributed by atoms with Gasteiger partial charge in [0.05, 0.1) is 33.4 Å². The van der Waals surface area contributed by atoms with Crippen molar-refractivity contribution in [2.75, 3.05) is 24.2 Å². The van der Waals surface area contributed by atoms with Gasteiger partial charge in [-0.15, -0.1) is 0 Å². The van der Waals surface area contributed by atoms with Gasteiger partial charge in [-0.05, 0) is 63.6 Å². The van der Waals surface area contributed by atoms with Gasteiger partial charge in [-0.25, -0.2) is 4.31 Å². The van der Waals surface area contributed by atoms with Gasteiger partial charge in [-0.1, -0.05) is 23.7 Å². The zero-order valence-corrected chi connectivity index (χ0v) is 29.9. The van der Waals surface area contributed by atoms with Gasteiger partial charge in [0, 0.05) is 31.0 Å². The highest BCUT2D eigenvalue weighted by Crippen LogP contribution is 2.39. The van der Waals surface area contributed by atoms with Crippen LogP contribution in [0.3, 0.4) is 0 Å². The van der Waals surface area contributed by atoms with Gasteiger partial charge >= 0.3 is 28.0 Å². The van der Waals surface area contributed by atoms with Gasteiger partial charge in [-0.2, -0.15) is 21.6 Å². The Balaban J connectivity index is 0.000000288. The van der Waals surface area contributed by atoms with E-state index >= 15 is 0 Å². The molecule has 3 aromatic carbocycles. The number of carbonyl (C=O) groups is 2. The molecule has 21 heteroatoms. The molecule has 2 atom stereocenters. The molecule has 280 valence electrons. The maximum absolute atomic E-state index is 12.6. The Morgan fingerprint density at radius 3 is 2.27 bits per heavy atom. The van der Waals surface area contributed by atoms with Crippen molar-refractivity contribution in [3.05, 3.63) is 86.9 Å². The monoisotopic (exact) mass is 782 g/mol. The van der Waals surface area contributed by atoms with E-state index in [4.69, 9.17) is 36.8 Å². The van der Waals surface area contributed by atoms with Crippen LogP contribution in [0.25, 0.3) is 0 Å². The van der Waals surface area contributed by atoms with Crippen molar-refractivity contribution < 1.29 is 60.1 Å².